The summed E-state index contributed by atoms with van der Waals surface area (Å²) >= 11 is 0. The zero-order valence-electron chi connectivity index (χ0n) is 9.33. The Balaban J connectivity index is 2.45. The fraction of sp³-hybridized carbons (Fsp3) is 0.417. The van der Waals surface area contributed by atoms with Gasteiger partial charge in [-0.05, 0) is 31.9 Å². The second-order valence-corrected chi connectivity index (χ2v) is 4.06. The molecule has 0 atom stereocenters. The predicted octanol–water partition coefficient (Wildman–Crippen LogP) is 2.10. The molecule has 3 N–H and O–H groups in total. The minimum absolute atomic E-state index is 0.202. The highest BCUT2D eigenvalue weighted by atomic mass is 19.1. The van der Waals surface area contributed by atoms with Crippen molar-refractivity contribution in [2.24, 2.45) is 5.73 Å². The molecule has 2 rings (SSSR count). The highest BCUT2D eigenvalue weighted by Gasteiger charge is 2.30. The Bertz CT molecular complexity index is 413. The van der Waals surface area contributed by atoms with Crippen LogP contribution in [0.5, 0.6) is 0 Å². The highest BCUT2D eigenvalue weighted by molar-refractivity contribution is 6.00. The van der Waals surface area contributed by atoms with Gasteiger partial charge in [-0.1, -0.05) is 6.07 Å². The second kappa shape index (κ2) is 4.12. The van der Waals surface area contributed by atoms with Crippen LogP contribution in [0.4, 0.5) is 10.1 Å². The molecule has 0 aromatic heterocycles. The minimum Gasteiger partial charge on any atom is -0.384 e. The summed E-state index contributed by atoms with van der Waals surface area (Å²) in [6, 6.07) is 5.34. The van der Waals surface area contributed by atoms with Gasteiger partial charge in [0, 0.05) is 12.6 Å². The number of rotatable bonds is 4. The standard InChI is InChI=1S/C12H16FN3/c1-2-16(8-6-7-8)10-5-3-4-9(13)11(10)12(14)15/h3-5,8H,2,6-7H2,1H3,(H3,14,15). The summed E-state index contributed by atoms with van der Waals surface area (Å²) in [7, 11) is 0. The summed E-state index contributed by atoms with van der Waals surface area (Å²) < 4.78 is 13.6. The van der Waals surface area contributed by atoms with Gasteiger partial charge in [0.05, 0.1) is 11.3 Å². The van der Waals surface area contributed by atoms with Crippen molar-refractivity contribution in [3.8, 4) is 0 Å². The van der Waals surface area contributed by atoms with E-state index in [0.717, 1.165) is 25.1 Å². The third-order valence-electron chi connectivity index (χ3n) is 2.90. The molecule has 1 aliphatic rings. The molecule has 0 bridgehead atoms. The van der Waals surface area contributed by atoms with Gasteiger partial charge in [0.2, 0.25) is 0 Å². The molecule has 1 fully saturated rings. The molecule has 1 aromatic rings. The summed E-state index contributed by atoms with van der Waals surface area (Å²) in [6.07, 6.45) is 2.28. The monoisotopic (exact) mass is 221 g/mol. The molecule has 86 valence electrons. The Hall–Kier alpha value is -1.58. The molecule has 0 heterocycles. The maximum absolute atomic E-state index is 13.6. The molecule has 0 aliphatic heterocycles. The number of hydrogen-bond donors (Lipinski definition) is 2. The Morgan fingerprint density at radius 3 is 2.75 bits per heavy atom. The smallest absolute Gasteiger partial charge is 0.136 e. The van der Waals surface area contributed by atoms with Gasteiger partial charge in [0.15, 0.2) is 0 Å². The topological polar surface area (TPSA) is 53.1 Å². The van der Waals surface area contributed by atoms with Crippen LogP contribution >= 0.6 is 0 Å². The van der Waals surface area contributed by atoms with E-state index in [1.165, 1.54) is 6.07 Å². The Kier molecular flexibility index (Phi) is 2.81. The van der Waals surface area contributed by atoms with Crippen molar-refractivity contribution in [1.29, 1.82) is 5.41 Å². The van der Waals surface area contributed by atoms with E-state index in [1.54, 1.807) is 6.07 Å². The van der Waals surface area contributed by atoms with Crippen molar-refractivity contribution >= 4 is 11.5 Å². The number of amidine groups is 1. The van der Waals surface area contributed by atoms with Gasteiger partial charge in [-0.2, -0.15) is 0 Å². The number of halogens is 1. The molecule has 0 radical (unpaired) electrons. The van der Waals surface area contributed by atoms with Crippen molar-refractivity contribution in [3.05, 3.63) is 29.6 Å². The number of anilines is 1. The predicted molar refractivity (Wildman–Crippen MR) is 63.5 cm³/mol. The first-order valence-corrected chi connectivity index (χ1v) is 5.54. The van der Waals surface area contributed by atoms with Crippen LogP contribution in [0.15, 0.2) is 18.2 Å². The van der Waals surface area contributed by atoms with E-state index < -0.39 is 5.82 Å². The summed E-state index contributed by atoms with van der Waals surface area (Å²) in [5.74, 6) is -0.615. The van der Waals surface area contributed by atoms with Gasteiger partial charge in [0.25, 0.3) is 0 Å². The van der Waals surface area contributed by atoms with Crippen molar-refractivity contribution in [2.75, 3.05) is 11.4 Å². The molecule has 0 saturated heterocycles. The van der Waals surface area contributed by atoms with Gasteiger partial charge >= 0.3 is 0 Å². The zero-order valence-corrected chi connectivity index (χ0v) is 9.33. The normalized spacial score (nSPS) is 14.9. The molecule has 1 aliphatic carbocycles. The lowest BCUT2D eigenvalue weighted by atomic mass is 10.1. The molecule has 1 aromatic carbocycles. The van der Waals surface area contributed by atoms with Crippen LogP contribution in [0.25, 0.3) is 0 Å². The Morgan fingerprint density at radius 2 is 2.25 bits per heavy atom. The highest BCUT2D eigenvalue weighted by Crippen LogP contribution is 2.33. The Labute approximate surface area is 94.6 Å². The van der Waals surface area contributed by atoms with Crippen molar-refractivity contribution in [1.82, 2.24) is 0 Å². The Morgan fingerprint density at radius 1 is 1.56 bits per heavy atom. The molecule has 3 nitrogen and oxygen atoms in total. The first-order chi connectivity index (χ1) is 7.65. The molecule has 1 saturated carbocycles. The third-order valence-corrected chi connectivity index (χ3v) is 2.90. The van der Waals surface area contributed by atoms with Crippen molar-refractivity contribution < 1.29 is 4.39 Å². The second-order valence-electron chi connectivity index (χ2n) is 4.06. The summed E-state index contributed by atoms with van der Waals surface area (Å²) in [5.41, 5.74) is 6.43. The SMILES string of the molecule is CCN(c1cccc(F)c1C(=N)N)C1CC1. The maximum Gasteiger partial charge on any atom is 0.136 e. The van der Waals surface area contributed by atoms with E-state index in [1.807, 2.05) is 13.0 Å². The molecule has 4 heteroatoms. The number of hydrogen-bond acceptors (Lipinski definition) is 2. The fourth-order valence-corrected chi connectivity index (χ4v) is 2.03. The van der Waals surface area contributed by atoms with E-state index in [0.29, 0.717) is 6.04 Å². The number of nitrogens with one attached hydrogen (secondary N) is 1. The first-order valence-electron chi connectivity index (χ1n) is 5.54. The quantitative estimate of drug-likeness (QED) is 0.604. The van der Waals surface area contributed by atoms with E-state index >= 15 is 0 Å². The summed E-state index contributed by atoms with van der Waals surface area (Å²) in [6.45, 7) is 2.85. The fourth-order valence-electron chi connectivity index (χ4n) is 2.03. The van der Waals surface area contributed by atoms with Crippen LogP contribution in [0.1, 0.15) is 25.3 Å². The van der Waals surface area contributed by atoms with E-state index in [4.69, 9.17) is 11.1 Å². The summed E-state index contributed by atoms with van der Waals surface area (Å²) in [5, 5.41) is 7.46. The van der Waals surface area contributed by atoms with E-state index in [2.05, 4.69) is 4.90 Å². The number of nitrogens with two attached hydrogens (primary N) is 1. The van der Waals surface area contributed by atoms with Crippen LogP contribution < -0.4 is 10.6 Å². The van der Waals surface area contributed by atoms with Gasteiger partial charge < -0.3 is 10.6 Å². The van der Waals surface area contributed by atoms with Crippen LogP contribution in [0.2, 0.25) is 0 Å². The minimum atomic E-state index is -0.413. The molecule has 16 heavy (non-hydrogen) atoms. The lowest BCUT2D eigenvalue weighted by molar-refractivity contribution is 0.623. The zero-order chi connectivity index (χ0) is 11.7. The van der Waals surface area contributed by atoms with Crippen molar-refractivity contribution in [3.63, 3.8) is 0 Å². The lowest BCUT2D eigenvalue weighted by Gasteiger charge is -2.25. The molecule has 0 spiro atoms. The lowest BCUT2D eigenvalue weighted by Crippen LogP contribution is -2.28. The van der Waals surface area contributed by atoms with Gasteiger partial charge in [0.1, 0.15) is 11.7 Å². The number of benzene rings is 1. The van der Waals surface area contributed by atoms with Crippen LogP contribution in [0.3, 0.4) is 0 Å². The van der Waals surface area contributed by atoms with Crippen LogP contribution in [0, 0.1) is 11.2 Å². The first kappa shape index (κ1) is 10.9. The molecule has 0 amide bonds. The van der Waals surface area contributed by atoms with Crippen LogP contribution in [-0.4, -0.2) is 18.4 Å². The molecular weight excluding hydrogens is 205 g/mol. The maximum atomic E-state index is 13.6. The van der Waals surface area contributed by atoms with Gasteiger partial charge in [-0.15, -0.1) is 0 Å². The largest absolute Gasteiger partial charge is 0.384 e. The van der Waals surface area contributed by atoms with E-state index in [-0.39, 0.29) is 11.4 Å². The van der Waals surface area contributed by atoms with E-state index in [9.17, 15) is 4.39 Å². The third kappa shape index (κ3) is 1.87. The van der Waals surface area contributed by atoms with Gasteiger partial charge in [-0.25, -0.2) is 4.39 Å². The molecular formula is C12H16FN3. The van der Waals surface area contributed by atoms with Gasteiger partial charge in [-0.3, -0.25) is 5.41 Å². The van der Waals surface area contributed by atoms with Crippen LogP contribution in [-0.2, 0) is 0 Å². The average molecular weight is 221 g/mol. The summed E-state index contributed by atoms with van der Waals surface area (Å²) in [4.78, 5) is 2.12. The number of nitrogen functional groups attached to an aromatic ring is 1. The van der Waals surface area contributed by atoms with Crippen molar-refractivity contribution in [2.45, 2.75) is 25.8 Å². The molecule has 0 unspecified atom stereocenters. The number of nitrogens with zero attached hydrogens (tertiary/aromatic N) is 1. The average Bonchev–Trinajstić information content (AvgIpc) is 3.02.